The quantitative estimate of drug-likeness (QED) is 0.794. The van der Waals surface area contributed by atoms with Gasteiger partial charge in [0.1, 0.15) is 0 Å². The van der Waals surface area contributed by atoms with Crippen molar-refractivity contribution < 1.29 is 0 Å². The molecule has 0 aliphatic rings. The molecule has 94 valence electrons. The van der Waals surface area contributed by atoms with Crippen molar-refractivity contribution in [2.75, 3.05) is 5.32 Å². The average molecular weight is 314 g/mol. The van der Waals surface area contributed by atoms with Crippen LogP contribution >= 0.6 is 15.9 Å². The van der Waals surface area contributed by atoms with Crippen molar-refractivity contribution >= 4 is 32.5 Å². The number of aromatic nitrogens is 2. The lowest BCUT2D eigenvalue weighted by Crippen LogP contribution is -2.01. The van der Waals surface area contributed by atoms with Crippen LogP contribution < -0.4 is 5.32 Å². The molecule has 19 heavy (non-hydrogen) atoms. The lowest BCUT2D eigenvalue weighted by molar-refractivity contribution is 1.06. The van der Waals surface area contributed by atoms with E-state index in [1.54, 1.807) is 6.20 Å². The summed E-state index contributed by atoms with van der Waals surface area (Å²) in [7, 11) is 0. The molecule has 1 heterocycles. The van der Waals surface area contributed by atoms with Crippen molar-refractivity contribution in [2.24, 2.45) is 0 Å². The fourth-order valence-corrected chi connectivity index (χ4v) is 2.44. The largest absolute Gasteiger partial charge is 0.379 e. The van der Waals surface area contributed by atoms with Crippen molar-refractivity contribution in [1.82, 2.24) is 10.2 Å². The average Bonchev–Trinajstić information content (AvgIpc) is 2.45. The van der Waals surface area contributed by atoms with E-state index in [1.807, 2.05) is 36.4 Å². The van der Waals surface area contributed by atoms with E-state index in [4.69, 9.17) is 0 Å². The van der Waals surface area contributed by atoms with E-state index in [0.717, 1.165) is 27.6 Å². The van der Waals surface area contributed by atoms with E-state index in [-0.39, 0.29) is 0 Å². The van der Waals surface area contributed by atoms with E-state index in [0.29, 0.717) is 0 Å². The molecule has 3 aromatic rings. The lowest BCUT2D eigenvalue weighted by Gasteiger charge is -2.08. The molecule has 0 radical (unpaired) electrons. The molecule has 0 bridgehead atoms. The minimum Gasteiger partial charge on any atom is -0.379 e. The first-order valence-electron chi connectivity index (χ1n) is 6.02. The Hall–Kier alpha value is -1.94. The lowest BCUT2D eigenvalue weighted by atomic mass is 10.2. The van der Waals surface area contributed by atoms with Gasteiger partial charge in [-0.25, -0.2) is 0 Å². The first kappa shape index (κ1) is 12.1. The summed E-state index contributed by atoms with van der Waals surface area (Å²) < 4.78 is 1.09. The summed E-state index contributed by atoms with van der Waals surface area (Å²) in [5.41, 5.74) is 3.13. The Balaban J connectivity index is 1.86. The van der Waals surface area contributed by atoms with Crippen LogP contribution in [0.3, 0.4) is 0 Å². The Labute approximate surface area is 119 Å². The number of hydrogen-bond donors (Lipinski definition) is 1. The highest BCUT2D eigenvalue weighted by atomic mass is 79.9. The number of benzene rings is 2. The van der Waals surface area contributed by atoms with E-state index in [2.05, 4.69) is 43.6 Å². The van der Waals surface area contributed by atoms with Gasteiger partial charge in [-0.2, -0.15) is 10.2 Å². The first-order chi connectivity index (χ1) is 9.33. The second-order valence-electron chi connectivity index (χ2n) is 4.26. The van der Waals surface area contributed by atoms with Gasteiger partial charge in [-0.3, -0.25) is 0 Å². The van der Waals surface area contributed by atoms with Gasteiger partial charge in [0, 0.05) is 16.4 Å². The van der Waals surface area contributed by atoms with Crippen LogP contribution in [0.15, 0.2) is 59.2 Å². The first-order valence-corrected chi connectivity index (χ1v) is 6.81. The Kier molecular flexibility index (Phi) is 3.42. The summed E-state index contributed by atoms with van der Waals surface area (Å²) in [6.45, 7) is 0.759. The predicted molar refractivity (Wildman–Crippen MR) is 81.0 cm³/mol. The molecule has 0 unspecified atom stereocenters. The van der Waals surface area contributed by atoms with Crippen molar-refractivity contribution in [2.45, 2.75) is 6.54 Å². The summed E-state index contributed by atoms with van der Waals surface area (Å²) in [5.74, 6) is 0. The summed E-state index contributed by atoms with van der Waals surface area (Å²) in [6, 6.07) is 16.2. The molecule has 0 saturated carbocycles. The standard InChI is InChI=1S/C15H12BrN3/c16-12-5-3-4-11(8-12)9-17-15-10-18-19-14-7-2-1-6-13(14)15/h1-8,10H,9H2,(H,17,19). The Bertz CT molecular complexity index is 707. The molecule has 1 aromatic heterocycles. The van der Waals surface area contributed by atoms with Gasteiger partial charge in [-0.05, 0) is 23.8 Å². The van der Waals surface area contributed by atoms with Crippen LogP contribution in [0, 0.1) is 0 Å². The van der Waals surface area contributed by atoms with Crippen LogP contribution in [0.4, 0.5) is 5.69 Å². The normalized spacial score (nSPS) is 10.6. The van der Waals surface area contributed by atoms with Gasteiger partial charge in [-0.1, -0.05) is 46.3 Å². The van der Waals surface area contributed by atoms with Crippen LogP contribution in [-0.2, 0) is 6.54 Å². The molecule has 0 spiro atoms. The smallest absolute Gasteiger partial charge is 0.0950 e. The Morgan fingerprint density at radius 3 is 2.84 bits per heavy atom. The monoisotopic (exact) mass is 313 g/mol. The van der Waals surface area contributed by atoms with Crippen molar-refractivity contribution in [1.29, 1.82) is 0 Å². The maximum atomic E-state index is 4.11. The van der Waals surface area contributed by atoms with Crippen LogP contribution in [0.25, 0.3) is 10.9 Å². The minimum atomic E-state index is 0.759. The fourth-order valence-electron chi connectivity index (χ4n) is 1.99. The molecule has 0 atom stereocenters. The van der Waals surface area contributed by atoms with Gasteiger partial charge in [0.15, 0.2) is 0 Å². The summed E-state index contributed by atoms with van der Waals surface area (Å²) in [6.07, 6.45) is 1.76. The molecule has 2 aromatic carbocycles. The summed E-state index contributed by atoms with van der Waals surface area (Å²) >= 11 is 3.48. The zero-order valence-electron chi connectivity index (χ0n) is 10.2. The maximum absolute atomic E-state index is 4.11. The molecule has 3 rings (SSSR count). The molecule has 4 heteroatoms. The zero-order valence-corrected chi connectivity index (χ0v) is 11.8. The minimum absolute atomic E-state index is 0.759. The van der Waals surface area contributed by atoms with Crippen molar-refractivity contribution in [3.05, 3.63) is 64.8 Å². The van der Waals surface area contributed by atoms with Crippen molar-refractivity contribution in [3.63, 3.8) is 0 Å². The molecule has 0 aliphatic heterocycles. The Morgan fingerprint density at radius 2 is 1.95 bits per heavy atom. The number of hydrogen-bond acceptors (Lipinski definition) is 3. The van der Waals surface area contributed by atoms with Crippen LogP contribution in [0.1, 0.15) is 5.56 Å². The molecular weight excluding hydrogens is 302 g/mol. The number of halogens is 1. The molecular formula is C15H12BrN3. The molecule has 0 amide bonds. The van der Waals surface area contributed by atoms with Gasteiger partial charge in [0.05, 0.1) is 17.4 Å². The second kappa shape index (κ2) is 5.36. The molecule has 0 aliphatic carbocycles. The fraction of sp³-hybridized carbons (Fsp3) is 0.0667. The van der Waals surface area contributed by atoms with Gasteiger partial charge in [0.25, 0.3) is 0 Å². The number of anilines is 1. The van der Waals surface area contributed by atoms with E-state index in [9.17, 15) is 0 Å². The highest BCUT2D eigenvalue weighted by Gasteiger charge is 2.02. The third-order valence-corrected chi connectivity index (χ3v) is 3.41. The second-order valence-corrected chi connectivity index (χ2v) is 5.17. The van der Waals surface area contributed by atoms with E-state index >= 15 is 0 Å². The molecule has 0 saturated heterocycles. The van der Waals surface area contributed by atoms with Crippen molar-refractivity contribution in [3.8, 4) is 0 Å². The van der Waals surface area contributed by atoms with Crippen LogP contribution in [0.2, 0.25) is 0 Å². The van der Waals surface area contributed by atoms with Crippen LogP contribution in [-0.4, -0.2) is 10.2 Å². The van der Waals surface area contributed by atoms with Gasteiger partial charge in [-0.15, -0.1) is 0 Å². The number of fused-ring (bicyclic) bond motifs is 1. The number of nitrogens with one attached hydrogen (secondary N) is 1. The topological polar surface area (TPSA) is 37.8 Å². The third-order valence-electron chi connectivity index (χ3n) is 2.92. The summed E-state index contributed by atoms with van der Waals surface area (Å²) in [5, 5.41) is 12.6. The van der Waals surface area contributed by atoms with E-state index in [1.165, 1.54) is 5.56 Å². The SMILES string of the molecule is Brc1cccc(CNc2cnnc3ccccc23)c1. The third kappa shape index (κ3) is 2.74. The highest BCUT2D eigenvalue weighted by Crippen LogP contribution is 2.21. The van der Waals surface area contributed by atoms with E-state index < -0.39 is 0 Å². The Morgan fingerprint density at radius 1 is 1.05 bits per heavy atom. The molecule has 3 nitrogen and oxygen atoms in total. The van der Waals surface area contributed by atoms with Gasteiger partial charge in [0.2, 0.25) is 0 Å². The number of rotatable bonds is 3. The van der Waals surface area contributed by atoms with Crippen LogP contribution in [0.5, 0.6) is 0 Å². The maximum Gasteiger partial charge on any atom is 0.0950 e. The zero-order chi connectivity index (χ0) is 13.1. The van der Waals surface area contributed by atoms with Gasteiger partial charge >= 0.3 is 0 Å². The predicted octanol–water partition coefficient (Wildman–Crippen LogP) is 4.00. The number of nitrogens with zero attached hydrogens (tertiary/aromatic N) is 2. The van der Waals surface area contributed by atoms with Gasteiger partial charge < -0.3 is 5.32 Å². The molecule has 1 N–H and O–H groups in total. The highest BCUT2D eigenvalue weighted by molar-refractivity contribution is 9.10. The summed E-state index contributed by atoms with van der Waals surface area (Å²) in [4.78, 5) is 0. The molecule has 0 fully saturated rings.